The Morgan fingerprint density at radius 2 is 2.21 bits per heavy atom. The van der Waals surface area contributed by atoms with E-state index in [4.69, 9.17) is 10.5 Å². The Balaban J connectivity index is 1.80. The van der Waals surface area contributed by atoms with Gasteiger partial charge in [0.05, 0.1) is 6.61 Å². The van der Waals surface area contributed by atoms with E-state index in [0.29, 0.717) is 10.5 Å². The third kappa shape index (κ3) is 2.76. The molecular weight excluding hydrogens is 274 g/mol. The van der Waals surface area contributed by atoms with Gasteiger partial charge in [-0.15, -0.1) is 0 Å². The van der Waals surface area contributed by atoms with Crippen LogP contribution >= 0.6 is 23.5 Å². The second-order valence-electron chi connectivity index (χ2n) is 5.14. The molecule has 0 amide bonds. The van der Waals surface area contributed by atoms with Crippen molar-refractivity contribution in [3.8, 4) is 5.75 Å². The molecule has 4 heteroatoms. The monoisotopic (exact) mass is 295 g/mol. The second kappa shape index (κ2) is 5.98. The fourth-order valence-electron chi connectivity index (χ4n) is 2.87. The van der Waals surface area contributed by atoms with Crippen molar-refractivity contribution in [3.05, 3.63) is 29.3 Å². The maximum absolute atomic E-state index is 6.55. The van der Waals surface area contributed by atoms with Gasteiger partial charge in [0, 0.05) is 34.5 Å². The smallest absolute Gasteiger partial charge is 0.122 e. The summed E-state index contributed by atoms with van der Waals surface area (Å²) >= 11 is 4.15. The molecule has 104 valence electrons. The van der Waals surface area contributed by atoms with Crippen LogP contribution in [0.1, 0.15) is 30.5 Å². The minimum absolute atomic E-state index is 0.147. The van der Waals surface area contributed by atoms with Crippen LogP contribution < -0.4 is 10.5 Å². The molecule has 0 radical (unpaired) electrons. The van der Waals surface area contributed by atoms with Gasteiger partial charge in [0.15, 0.2) is 0 Å². The van der Waals surface area contributed by atoms with Crippen molar-refractivity contribution in [1.82, 2.24) is 0 Å². The standard InChI is InChI=1S/C15H21NOS2/c1-2-13-15(19-8-7-18-13)14(16)11-3-4-12-10(9-11)5-6-17-12/h3-4,9,13-15H,2,5-8,16H2,1H3. The van der Waals surface area contributed by atoms with E-state index in [1.165, 1.54) is 29.1 Å². The molecule has 19 heavy (non-hydrogen) atoms. The molecule has 0 spiro atoms. The van der Waals surface area contributed by atoms with Crippen molar-refractivity contribution in [2.75, 3.05) is 18.1 Å². The zero-order valence-corrected chi connectivity index (χ0v) is 12.9. The van der Waals surface area contributed by atoms with Crippen molar-refractivity contribution in [2.24, 2.45) is 5.73 Å². The topological polar surface area (TPSA) is 35.2 Å². The van der Waals surface area contributed by atoms with Gasteiger partial charge in [-0.1, -0.05) is 19.1 Å². The lowest BCUT2D eigenvalue weighted by molar-refractivity contribution is 0.357. The molecule has 2 nitrogen and oxygen atoms in total. The first kappa shape index (κ1) is 13.7. The molecule has 2 aliphatic heterocycles. The Morgan fingerprint density at radius 1 is 1.37 bits per heavy atom. The molecule has 2 N–H and O–H groups in total. The zero-order valence-electron chi connectivity index (χ0n) is 11.3. The Morgan fingerprint density at radius 3 is 3.05 bits per heavy atom. The molecule has 0 aliphatic carbocycles. The molecule has 0 bridgehead atoms. The molecule has 1 saturated heterocycles. The highest BCUT2D eigenvalue weighted by molar-refractivity contribution is 8.07. The van der Waals surface area contributed by atoms with Crippen molar-refractivity contribution in [2.45, 2.75) is 36.3 Å². The molecule has 1 aromatic carbocycles. The highest BCUT2D eigenvalue weighted by atomic mass is 32.2. The minimum atomic E-state index is 0.147. The molecule has 3 rings (SSSR count). The first-order chi connectivity index (χ1) is 9.29. The summed E-state index contributed by atoms with van der Waals surface area (Å²) in [6, 6.07) is 6.66. The van der Waals surface area contributed by atoms with E-state index >= 15 is 0 Å². The number of hydrogen-bond donors (Lipinski definition) is 1. The Kier molecular flexibility index (Phi) is 4.30. The fraction of sp³-hybridized carbons (Fsp3) is 0.600. The van der Waals surface area contributed by atoms with Crippen LogP contribution in [0.5, 0.6) is 5.75 Å². The maximum atomic E-state index is 6.55. The van der Waals surface area contributed by atoms with Crippen LogP contribution in [-0.4, -0.2) is 28.6 Å². The first-order valence-electron chi connectivity index (χ1n) is 7.04. The average molecular weight is 295 g/mol. The number of hydrogen-bond acceptors (Lipinski definition) is 4. The molecular formula is C15H21NOS2. The first-order valence-corrected chi connectivity index (χ1v) is 9.13. The number of fused-ring (bicyclic) bond motifs is 1. The molecule has 2 heterocycles. The fourth-order valence-corrected chi connectivity index (χ4v) is 6.06. The predicted molar refractivity (Wildman–Crippen MR) is 85.4 cm³/mol. The summed E-state index contributed by atoms with van der Waals surface area (Å²) in [6.07, 6.45) is 2.24. The lowest BCUT2D eigenvalue weighted by atomic mass is 9.98. The summed E-state index contributed by atoms with van der Waals surface area (Å²) in [4.78, 5) is 0. The highest BCUT2D eigenvalue weighted by Crippen LogP contribution is 2.40. The molecule has 0 aromatic heterocycles. The van der Waals surface area contributed by atoms with Crippen molar-refractivity contribution in [1.29, 1.82) is 0 Å². The Bertz CT molecular complexity index is 452. The summed E-state index contributed by atoms with van der Waals surface area (Å²) in [7, 11) is 0. The maximum Gasteiger partial charge on any atom is 0.122 e. The van der Waals surface area contributed by atoms with E-state index in [-0.39, 0.29) is 6.04 Å². The predicted octanol–water partition coefficient (Wildman–Crippen LogP) is 3.25. The number of rotatable bonds is 3. The third-order valence-electron chi connectivity index (χ3n) is 3.95. The van der Waals surface area contributed by atoms with Gasteiger partial charge in [0.1, 0.15) is 5.75 Å². The van der Waals surface area contributed by atoms with E-state index in [1.54, 1.807) is 0 Å². The SMILES string of the molecule is CCC1SCCSC1C(N)c1ccc2c(c1)CCO2. The third-order valence-corrected chi connectivity index (χ3v) is 7.32. The summed E-state index contributed by atoms with van der Waals surface area (Å²) in [6.45, 7) is 3.10. The zero-order chi connectivity index (χ0) is 13.2. The molecule has 2 aliphatic rings. The number of ether oxygens (including phenoxy) is 1. The highest BCUT2D eigenvalue weighted by Gasteiger charge is 2.31. The molecule has 0 saturated carbocycles. The van der Waals surface area contributed by atoms with Gasteiger partial charge >= 0.3 is 0 Å². The minimum Gasteiger partial charge on any atom is -0.493 e. The number of nitrogens with two attached hydrogens (primary N) is 1. The van der Waals surface area contributed by atoms with Crippen LogP contribution in [0.25, 0.3) is 0 Å². The van der Waals surface area contributed by atoms with Crippen LogP contribution in [0.2, 0.25) is 0 Å². The van der Waals surface area contributed by atoms with Gasteiger partial charge in [-0.2, -0.15) is 23.5 Å². The quantitative estimate of drug-likeness (QED) is 0.928. The van der Waals surface area contributed by atoms with Gasteiger partial charge in [-0.25, -0.2) is 0 Å². The van der Waals surface area contributed by atoms with Crippen LogP contribution in [0, 0.1) is 0 Å². The molecule has 3 atom stereocenters. The van der Waals surface area contributed by atoms with E-state index in [1.807, 2.05) is 0 Å². The van der Waals surface area contributed by atoms with Gasteiger partial charge in [0.2, 0.25) is 0 Å². The lowest BCUT2D eigenvalue weighted by Gasteiger charge is -2.34. The summed E-state index contributed by atoms with van der Waals surface area (Å²) in [5.41, 5.74) is 9.16. The van der Waals surface area contributed by atoms with Gasteiger partial charge in [-0.3, -0.25) is 0 Å². The van der Waals surface area contributed by atoms with E-state index < -0.39 is 0 Å². The summed E-state index contributed by atoms with van der Waals surface area (Å²) in [5.74, 6) is 3.55. The van der Waals surface area contributed by atoms with Crippen molar-refractivity contribution >= 4 is 23.5 Å². The second-order valence-corrected chi connectivity index (χ2v) is 7.78. The van der Waals surface area contributed by atoms with E-state index in [9.17, 15) is 0 Å². The van der Waals surface area contributed by atoms with E-state index in [0.717, 1.165) is 18.8 Å². The average Bonchev–Trinajstić information content (AvgIpc) is 2.93. The summed E-state index contributed by atoms with van der Waals surface area (Å²) < 4.78 is 5.57. The van der Waals surface area contributed by atoms with Crippen LogP contribution in [0.3, 0.4) is 0 Å². The van der Waals surface area contributed by atoms with Crippen LogP contribution in [0.15, 0.2) is 18.2 Å². The van der Waals surface area contributed by atoms with Crippen LogP contribution in [0.4, 0.5) is 0 Å². The molecule has 1 aromatic rings. The van der Waals surface area contributed by atoms with Crippen molar-refractivity contribution < 1.29 is 4.74 Å². The molecule has 1 fully saturated rings. The van der Waals surface area contributed by atoms with Gasteiger partial charge in [0.25, 0.3) is 0 Å². The van der Waals surface area contributed by atoms with Gasteiger partial charge < -0.3 is 10.5 Å². The lowest BCUT2D eigenvalue weighted by Crippen LogP contribution is -2.35. The van der Waals surface area contributed by atoms with E-state index in [2.05, 4.69) is 48.6 Å². The largest absolute Gasteiger partial charge is 0.493 e. The Hall–Kier alpha value is -0.320. The number of benzene rings is 1. The van der Waals surface area contributed by atoms with Gasteiger partial charge in [-0.05, 0) is 23.6 Å². The Labute approximate surface area is 123 Å². The van der Waals surface area contributed by atoms with Crippen LogP contribution in [-0.2, 0) is 6.42 Å². The normalized spacial score (nSPS) is 27.7. The summed E-state index contributed by atoms with van der Waals surface area (Å²) in [5, 5.41) is 1.24. The molecule has 3 unspecified atom stereocenters. The van der Waals surface area contributed by atoms with Crippen molar-refractivity contribution in [3.63, 3.8) is 0 Å². The number of thioether (sulfide) groups is 2.